The molecule has 0 saturated heterocycles. The van der Waals surface area contributed by atoms with Crippen LogP contribution in [0.5, 0.6) is 0 Å². The zero-order valence-corrected chi connectivity index (χ0v) is 9.50. The van der Waals surface area contributed by atoms with Crippen molar-refractivity contribution >= 4 is 5.97 Å². The first kappa shape index (κ1) is 11.3. The molecule has 0 amide bonds. The van der Waals surface area contributed by atoms with E-state index in [0.29, 0.717) is 5.92 Å². The number of carboxylic acids is 1. The third-order valence-electron chi connectivity index (χ3n) is 3.45. The van der Waals surface area contributed by atoms with Gasteiger partial charge in [-0.1, -0.05) is 25.5 Å². The summed E-state index contributed by atoms with van der Waals surface area (Å²) in [6.07, 6.45) is 4.05. The molecule has 2 atom stereocenters. The highest BCUT2D eigenvalue weighted by molar-refractivity contribution is 5.71. The van der Waals surface area contributed by atoms with Gasteiger partial charge in [0.2, 0.25) is 0 Å². The predicted molar refractivity (Wildman–Crippen MR) is 57.1 cm³/mol. The summed E-state index contributed by atoms with van der Waals surface area (Å²) in [4.78, 5) is 11.0. The molecule has 0 spiro atoms. The van der Waals surface area contributed by atoms with Crippen molar-refractivity contribution < 1.29 is 9.90 Å². The van der Waals surface area contributed by atoms with Crippen LogP contribution in [-0.4, -0.2) is 11.1 Å². The van der Waals surface area contributed by atoms with Crippen LogP contribution in [0.25, 0.3) is 0 Å². The average Bonchev–Trinajstić information content (AvgIpc) is 2.26. The van der Waals surface area contributed by atoms with Crippen molar-refractivity contribution in [2.24, 2.45) is 17.3 Å². The molecule has 0 aliphatic heterocycles. The first-order chi connectivity index (χ1) is 6.35. The molecule has 2 heteroatoms. The first-order valence-corrected chi connectivity index (χ1v) is 5.23. The molecule has 1 aliphatic rings. The van der Waals surface area contributed by atoms with Crippen molar-refractivity contribution in [1.82, 2.24) is 0 Å². The molecule has 14 heavy (non-hydrogen) atoms. The lowest BCUT2D eigenvalue weighted by Crippen LogP contribution is -2.29. The van der Waals surface area contributed by atoms with Crippen LogP contribution in [-0.2, 0) is 4.79 Å². The maximum Gasteiger partial charge on any atom is 0.307 e. The number of aliphatic carboxylic acids is 1. The van der Waals surface area contributed by atoms with Crippen molar-refractivity contribution in [2.75, 3.05) is 0 Å². The highest BCUT2D eigenvalue weighted by Gasteiger charge is 2.45. The summed E-state index contributed by atoms with van der Waals surface area (Å²) in [6, 6.07) is 0. The minimum atomic E-state index is -0.639. The summed E-state index contributed by atoms with van der Waals surface area (Å²) in [6.45, 7) is 8.29. The smallest absolute Gasteiger partial charge is 0.307 e. The van der Waals surface area contributed by atoms with Gasteiger partial charge in [-0.15, -0.1) is 0 Å². The topological polar surface area (TPSA) is 37.3 Å². The standard InChI is InChI=1S/C12H20O2/c1-8(2)7-9-5-6-10(11(13)14)12(9,3)4/h7,9-10H,5-6H2,1-4H3,(H,13,14)/t9?,10-/m1/s1. The highest BCUT2D eigenvalue weighted by atomic mass is 16.4. The van der Waals surface area contributed by atoms with Crippen molar-refractivity contribution in [3.8, 4) is 0 Å². The molecule has 1 saturated carbocycles. The van der Waals surface area contributed by atoms with Crippen LogP contribution < -0.4 is 0 Å². The largest absolute Gasteiger partial charge is 0.481 e. The Balaban J connectivity index is 2.86. The Bertz CT molecular complexity index is 259. The van der Waals surface area contributed by atoms with E-state index in [1.165, 1.54) is 5.57 Å². The SMILES string of the molecule is CC(C)=CC1CC[C@H](C(=O)O)C1(C)C. The number of carbonyl (C=O) groups is 1. The van der Waals surface area contributed by atoms with Crippen molar-refractivity contribution in [2.45, 2.75) is 40.5 Å². The summed E-state index contributed by atoms with van der Waals surface area (Å²) in [7, 11) is 0. The molecule has 0 heterocycles. The van der Waals surface area contributed by atoms with E-state index in [0.717, 1.165) is 12.8 Å². The van der Waals surface area contributed by atoms with Crippen molar-refractivity contribution in [1.29, 1.82) is 0 Å². The first-order valence-electron chi connectivity index (χ1n) is 5.23. The van der Waals surface area contributed by atoms with Gasteiger partial charge in [0.05, 0.1) is 5.92 Å². The van der Waals surface area contributed by atoms with Gasteiger partial charge in [-0.2, -0.15) is 0 Å². The van der Waals surface area contributed by atoms with E-state index in [4.69, 9.17) is 5.11 Å². The fourth-order valence-electron chi connectivity index (χ4n) is 2.49. The zero-order valence-electron chi connectivity index (χ0n) is 9.50. The summed E-state index contributed by atoms with van der Waals surface area (Å²) < 4.78 is 0. The van der Waals surface area contributed by atoms with E-state index in [9.17, 15) is 4.79 Å². The number of hydrogen-bond donors (Lipinski definition) is 1. The van der Waals surface area contributed by atoms with Gasteiger partial charge in [0.15, 0.2) is 0 Å². The molecule has 0 aromatic heterocycles. The molecule has 1 aliphatic carbocycles. The van der Waals surface area contributed by atoms with Gasteiger partial charge in [-0.3, -0.25) is 4.79 Å². The van der Waals surface area contributed by atoms with Crippen molar-refractivity contribution in [3.05, 3.63) is 11.6 Å². The lowest BCUT2D eigenvalue weighted by Gasteiger charge is -2.29. The second-order valence-corrected chi connectivity index (χ2v) is 5.14. The van der Waals surface area contributed by atoms with Crippen LogP contribution in [0.15, 0.2) is 11.6 Å². The van der Waals surface area contributed by atoms with Crippen molar-refractivity contribution in [3.63, 3.8) is 0 Å². The quantitative estimate of drug-likeness (QED) is 0.689. The van der Waals surface area contributed by atoms with E-state index < -0.39 is 5.97 Å². The van der Waals surface area contributed by atoms with E-state index >= 15 is 0 Å². The molecule has 0 bridgehead atoms. The lowest BCUT2D eigenvalue weighted by molar-refractivity contribution is -0.145. The predicted octanol–water partition coefficient (Wildman–Crippen LogP) is 3.09. The normalized spacial score (nSPS) is 30.0. The van der Waals surface area contributed by atoms with E-state index in [-0.39, 0.29) is 11.3 Å². The van der Waals surface area contributed by atoms with E-state index in [1.54, 1.807) is 0 Å². The van der Waals surface area contributed by atoms with Gasteiger partial charge < -0.3 is 5.11 Å². The molecule has 1 fully saturated rings. The third-order valence-corrected chi connectivity index (χ3v) is 3.45. The fourth-order valence-corrected chi connectivity index (χ4v) is 2.49. The summed E-state index contributed by atoms with van der Waals surface area (Å²) >= 11 is 0. The maximum absolute atomic E-state index is 11.0. The minimum absolute atomic E-state index is 0.0941. The summed E-state index contributed by atoms with van der Waals surface area (Å²) in [5.41, 5.74) is 1.19. The van der Waals surface area contributed by atoms with E-state index in [2.05, 4.69) is 33.8 Å². The number of hydrogen-bond acceptors (Lipinski definition) is 1. The van der Waals surface area contributed by atoms with Gasteiger partial charge in [-0.25, -0.2) is 0 Å². The Kier molecular flexibility index (Phi) is 3.03. The Labute approximate surface area is 86.0 Å². The third kappa shape index (κ3) is 1.99. The minimum Gasteiger partial charge on any atom is -0.481 e. The van der Waals surface area contributed by atoms with Gasteiger partial charge in [0.25, 0.3) is 0 Å². The number of rotatable bonds is 2. The molecule has 0 radical (unpaired) electrons. The molecular formula is C12H20O2. The van der Waals surface area contributed by atoms with Gasteiger partial charge in [0.1, 0.15) is 0 Å². The zero-order chi connectivity index (χ0) is 10.9. The fraction of sp³-hybridized carbons (Fsp3) is 0.750. The summed E-state index contributed by atoms with van der Waals surface area (Å²) in [5.74, 6) is -0.392. The molecule has 0 aromatic carbocycles. The Hall–Kier alpha value is -0.790. The Morgan fingerprint density at radius 1 is 1.36 bits per heavy atom. The molecule has 0 aromatic rings. The second-order valence-electron chi connectivity index (χ2n) is 5.14. The lowest BCUT2D eigenvalue weighted by atomic mass is 9.75. The monoisotopic (exact) mass is 196 g/mol. The number of allylic oxidation sites excluding steroid dienone is 2. The van der Waals surface area contributed by atoms with Crippen LogP contribution in [0.3, 0.4) is 0 Å². The van der Waals surface area contributed by atoms with Crippen LogP contribution >= 0.6 is 0 Å². The van der Waals surface area contributed by atoms with Gasteiger partial charge in [-0.05, 0) is 38.0 Å². The summed E-state index contributed by atoms with van der Waals surface area (Å²) in [5, 5.41) is 9.08. The number of carboxylic acid groups (broad SMARTS) is 1. The van der Waals surface area contributed by atoms with Crippen LogP contribution in [0.4, 0.5) is 0 Å². The van der Waals surface area contributed by atoms with Gasteiger partial charge in [0, 0.05) is 0 Å². The average molecular weight is 196 g/mol. The molecule has 80 valence electrons. The Morgan fingerprint density at radius 2 is 1.93 bits per heavy atom. The Morgan fingerprint density at radius 3 is 2.29 bits per heavy atom. The highest BCUT2D eigenvalue weighted by Crippen LogP contribution is 2.48. The van der Waals surface area contributed by atoms with Crippen LogP contribution in [0.1, 0.15) is 40.5 Å². The molecule has 1 unspecified atom stereocenters. The van der Waals surface area contributed by atoms with Crippen LogP contribution in [0.2, 0.25) is 0 Å². The van der Waals surface area contributed by atoms with E-state index in [1.807, 2.05) is 0 Å². The van der Waals surface area contributed by atoms with Gasteiger partial charge >= 0.3 is 5.97 Å². The molecule has 1 rings (SSSR count). The van der Waals surface area contributed by atoms with Crippen LogP contribution in [0, 0.1) is 17.3 Å². The molecule has 1 N–H and O–H groups in total. The molecule has 2 nitrogen and oxygen atoms in total. The molecular weight excluding hydrogens is 176 g/mol. The second kappa shape index (κ2) is 3.76. The maximum atomic E-state index is 11.0.